The van der Waals surface area contributed by atoms with Crippen molar-refractivity contribution in [2.75, 3.05) is 32.8 Å². The first-order valence-electron chi connectivity index (χ1n) is 9.74. The summed E-state index contributed by atoms with van der Waals surface area (Å²) >= 11 is 0. The van der Waals surface area contributed by atoms with E-state index in [1.165, 1.54) is 12.8 Å². The molecule has 6 heteroatoms. The van der Waals surface area contributed by atoms with Crippen molar-refractivity contribution in [1.29, 1.82) is 0 Å². The second kappa shape index (κ2) is 7.08. The van der Waals surface area contributed by atoms with Crippen molar-refractivity contribution in [3.8, 4) is 0 Å². The summed E-state index contributed by atoms with van der Waals surface area (Å²) in [6, 6.07) is 0. The monoisotopic (exact) mass is 346 g/mol. The molecule has 3 aliphatic rings. The van der Waals surface area contributed by atoms with Gasteiger partial charge in [0.2, 0.25) is 5.91 Å². The van der Waals surface area contributed by atoms with Crippen LogP contribution in [0.5, 0.6) is 0 Å². The number of aryl methyl sites for hydroxylation is 1. The number of carbonyl (C=O) groups is 1. The Labute approximate surface area is 149 Å². The molecule has 1 unspecified atom stereocenters. The third-order valence-corrected chi connectivity index (χ3v) is 6.24. The first-order valence-corrected chi connectivity index (χ1v) is 9.74. The topological polar surface area (TPSA) is 61.5 Å². The van der Waals surface area contributed by atoms with Crippen molar-refractivity contribution >= 4 is 5.91 Å². The number of rotatable bonds is 4. The number of aromatic amines is 1. The van der Waals surface area contributed by atoms with Gasteiger partial charge in [-0.1, -0.05) is 0 Å². The first-order chi connectivity index (χ1) is 12.1. The Hall–Kier alpha value is -1.40. The highest BCUT2D eigenvalue weighted by Gasteiger charge is 2.41. The van der Waals surface area contributed by atoms with Gasteiger partial charge in [0.1, 0.15) is 5.82 Å². The minimum Gasteiger partial charge on any atom is -0.376 e. The van der Waals surface area contributed by atoms with Crippen molar-refractivity contribution in [3.05, 3.63) is 17.7 Å². The van der Waals surface area contributed by atoms with Gasteiger partial charge in [0.05, 0.1) is 12.6 Å². The Balaban J connectivity index is 1.32. The fourth-order valence-corrected chi connectivity index (χ4v) is 4.66. The lowest BCUT2D eigenvalue weighted by Crippen LogP contribution is -2.52. The fraction of sp³-hybridized carbons (Fsp3) is 0.789. The van der Waals surface area contributed by atoms with Gasteiger partial charge < -0.3 is 14.6 Å². The summed E-state index contributed by atoms with van der Waals surface area (Å²) in [5.41, 5.74) is 1.45. The average molecular weight is 346 g/mol. The highest BCUT2D eigenvalue weighted by atomic mass is 16.5. The smallest absolute Gasteiger partial charge is 0.222 e. The van der Waals surface area contributed by atoms with E-state index in [4.69, 9.17) is 4.74 Å². The molecule has 0 radical (unpaired) electrons. The third-order valence-electron chi connectivity index (χ3n) is 6.24. The normalized spacial score (nSPS) is 27.3. The van der Waals surface area contributed by atoms with Crippen molar-refractivity contribution in [3.63, 3.8) is 0 Å². The standard InChI is InChI=1S/C19H30N4O2/c1-15-11-20-17(21-15)13-22-8-6-19(7-9-22)5-4-18(24)23(14-19)12-16-3-2-10-25-16/h11,16H,2-10,12-14H2,1H3,(H,20,21). The van der Waals surface area contributed by atoms with Crippen molar-refractivity contribution in [2.24, 2.45) is 5.41 Å². The molecule has 3 saturated heterocycles. The maximum atomic E-state index is 12.4. The van der Waals surface area contributed by atoms with Crippen molar-refractivity contribution in [1.82, 2.24) is 19.8 Å². The Morgan fingerprint density at radius 2 is 2.20 bits per heavy atom. The number of carbonyl (C=O) groups excluding carboxylic acids is 1. The van der Waals surface area contributed by atoms with Gasteiger partial charge in [-0.3, -0.25) is 9.69 Å². The SMILES string of the molecule is Cc1cnc(CN2CCC3(CCC(=O)N(CC4CCCO4)C3)CC2)[nH]1. The Bertz CT molecular complexity index is 600. The number of aromatic nitrogens is 2. The number of nitrogens with one attached hydrogen (secondary N) is 1. The molecular weight excluding hydrogens is 316 g/mol. The number of nitrogens with zero attached hydrogens (tertiary/aromatic N) is 3. The number of hydrogen-bond acceptors (Lipinski definition) is 4. The van der Waals surface area contributed by atoms with Crippen molar-refractivity contribution in [2.45, 2.75) is 58.1 Å². The number of imidazole rings is 1. The Morgan fingerprint density at radius 1 is 1.36 bits per heavy atom. The Morgan fingerprint density at radius 3 is 2.88 bits per heavy atom. The van der Waals surface area contributed by atoms with Crippen LogP contribution in [0.4, 0.5) is 0 Å². The number of hydrogen-bond donors (Lipinski definition) is 1. The van der Waals surface area contributed by atoms with E-state index in [0.717, 1.165) is 70.1 Å². The molecule has 3 fully saturated rings. The zero-order chi connectivity index (χ0) is 17.3. The highest BCUT2D eigenvalue weighted by Crippen LogP contribution is 2.40. The van der Waals surface area contributed by atoms with Crippen LogP contribution in [-0.2, 0) is 16.1 Å². The van der Waals surface area contributed by atoms with E-state index < -0.39 is 0 Å². The van der Waals surface area contributed by atoms with E-state index in [1.54, 1.807) is 0 Å². The molecule has 3 aliphatic heterocycles. The number of ether oxygens (including phenoxy) is 1. The zero-order valence-corrected chi connectivity index (χ0v) is 15.3. The van der Waals surface area contributed by atoms with Crippen LogP contribution in [-0.4, -0.2) is 64.6 Å². The van der Waals surface area contributed by atoms with Crippen LogP contribution in [0.3, 0.4) is 0 Å². The van der Waals surface area contributed by atoms with Crippen LogP contribution in [0.1, 0.15) is 50.0 Å². The van der Waals surface area contributed by atoms with E-state index in [-0.39, 0.29) is 6.10 Å². The molecule has 4 rings (SSSR count). The van der Waals surface area contributed by atoms with Crippen LogP contribution in [0.25, 0.3) is 0 Å². The quantitative estimate of drug-likeness (QED) is 0.907. The van der Waals surface area contributed by atoms with Crippen LogP contribution < -0.4 is 0 Å². The van der Waals surface area contributed by atoms with Gasteiger partial charge in [0.15, 0.2) is 0 Å². The summed E-state index contributed by atoms with van der Waals surface area (Å²) in [7, 11) is 0. The van der Waals surface area contributed by atoms with Crippen LogP contribution >= 0.6 is 0 Å². The summed E-state index contributed by atoms with van der Waals surface area (Å²) < 4.78 is 5.75. The zero-order valence-electron chi connectivity index (χ0n) is 15.3. The lowest BCUT2D eigenvalue weighted by atomic mass is 9.72. The molecule has 0 bridgehead atoms. The molecule has 138 valence electrons. The van der Waals surface area contributed by atoms with E-state index >= 15 is 0 Å². The van der Waals surface area contributed by atoms with Gasteiger partial charge >= 0.3 is 0 Å². The lowest BCUT2D eigenvalue weighted by Gasteiger charge is -2.47. The molecule has 25 heavy (non-hydrogen) atoms. The van der Waals surface area contributed by atoms with Gasteiger partial charge in [0, 0.05) is 38.0 Å². The second-order valence-corrected chi connectivity index (χ2v) is 8.20. The summed E-state index contributed by atoms with van der Waals surface area (Å²) in [5.74, 6) is 1.39. The first kappa shape index (κ1) is 17.0. The molecule has 4 heterocycles. The van der Waals surface area contributed by atoms with Crippen LogP contribution in [0.15, 0.2) is 6.20 Å². The maximum Gasteiger partial charge on any atom is 0.222 e. The van der Waals surface area contributed by atoms with Gasteiger partial charge in [-0.25, -0.2) is 4.98 Å². The second-order valence-electron chi connectivity index (χ2n) is 8.20. The number of amides is 1. The van der Waals surface area contributed by atoms with Gasteiger partial charge in [0.25, 0.3) is 0 Å². The summed E-state index contributed by atoms with van der Waals surface area (Å²) in [6.45, 7) is 7.74. The molecule has 0 aromatic carbocycles. The third kappa shape index (κ3) is 3.90. The molecule has 0 aliphatic carbocycles. The fourth-order valence-electron chi connectivity index (χ4n) is 4.66. The molecule has 1 atom stereocenters. The molecule has 1 aromatic heterocycles. The minimum atomic E-state index is 0.265. The van der Waals surface area contributed by atoms with Gasteiger partial charge in [-0.2, -0.15) is 0 Å². The number of H-pyrrole nitrogens is 1. The van der Waals surface area contributed by atoms with E-state index in [9.17, 15) is 4.79 Å². The highest BCUT2D eigenvalue weighted by molar-refractivity contribution is 5.77. The van der Waals surface area contributed by atoms with E-state index in [0.29, 0.717) is 17.7 Å². The van der Waals surface area contributed by atoms with Crippen molar-refractivity contribution < 1.29 is 9.53 Å². The number of piperidine rings is 2. The largest absolute Gasteiger partial charge is 0.376 e. The maximum absolute atomic E-state index is 12.4. The average Bonchev–Trinajstić information content (AvgIpc) is 3.25. The lowest BCUT2D eigenvalue weighted by molar-refractivity contribution is -0.141. The van der Waals surface area contributed by atoms with Gasteiger partial charge in [-0.05, 0) is 57.5 Å². The summed E-state index contributed by atoms with van der Waals surface area (Å²) in [6.07, 6.45) is 8.54. The summed E-state index contributed by atoms with van der Waals surface area (Å²) in [4.78, 5) is 24.7. The molecule has 1 spiro atoms. The molecule has 1 N–H and O–H groups in total. The molecule has 6 nitrogen and oxygen atoms in total. The predicted octanol–water partition coefficient (Wildman–Crippen LogP) is 2.10. The van der Waals surface area contributed by atoms with Crippen LogP contribution in [0.2, 0.25) is 0 Å². The van der Waals surface area contributed by atoms with Crippen LogP contribution in [0, 0.1) is 12.3 Å². The summed E-state index contributed by atoms with van der Waals surface area (Å²) in [5, 5.41) is 0. The molecule has 0 saturated carbocycles. The molecule has 1 amide bonds. The van der Waals surface area contributed by atoms with E-state index in [1.807, 2.05) is 13.1 Å². The predicted molar refractivity (Wildman–Crippen MR) is 95.1 cm³/mol. The van der Waals surface area contributed by atoms with Gasteiger partial charge in [-0.15, -0.1) is 0 Å². The Kier molecular flexibility index (Phi) is 4.82. The molecule has 1 aromatic rings. The van der Waals surface area contributed by atoms with E-state index in [2.05, 4.69) is 19.8 Å². The molecular formula is C19H30N4O2. The number of likely N-dealkylation sites (tertiary alicyclic amines) is 2. The minimum absolute atomic E-state index is 0.265.